The van der Waals surface area contributed by atoms with Crippen LogP contribution in [-0.2, 0) is 0 Å². The molecular weight excluding hydrogens is 218 g/mol. The fourth-order valence-electron chi connectivity index (χ4n) is 1.07. The van der Waals surface area contributed by atoms with Crippen LogP contribution in [0.3, 0.4) is 0 Å². The predicted molar refractivity (Wildman–Crippen MR) is 71.0 cm³/mol. The topological polar surface area (TPSA) is 46.2 Å². The molecule has 0 aliphatic rings. The van der Waals surface area contributed by atoms with Crippen LogP contribution in [0.15, 0.2) is 53.4 Å². The first-order valence-electron chi connectivity index (χ1n) is 4.89. The maximum absolute atomic E-state index is 9.02. The number of phenols is 1. The predicted octanol–water partition coefficient (Wildman–Crippen LogP) is 3.26. The number of hydrogen-bond donors (Lipinski definition) is 3. The molecule has 0 atom stereocenters. The summed E-state index contributed by atoms with van der Waals surface area (Å²) in [5, 5.41) is 9.02. The number of nitrogen functional groups attached to an aromatic ring is 1. The Bertz CT molecular complexity index is 423. The zero-order chi connectivity index (χ0) is 12.0. The summed E-state index contributed by atoms with van der Waals surface area (Å²) in [5.41, 5.74) is 6.84. The Kier molecular flexibility index (Phi) is 4.73. The van der Waals surface area contributed by atoms with Crippen LogP contribution in [0.2, 0.25) is 0 Å². The highest BCUT2D eigenvalue weighted by atomic mass is 32.1. The Morgan fingerprint density at radius 3 is 2.00 bits per heavy atom. The first-order valence-corrected chi connectivity index (χ1v) is 5.34. The SMILES string of the molecule is Cc1c(N)cccc1O.Sc1ccccc1. The van der Waals surface area contributed by atoms with Crippen LogP contribution in [0.25, 0.3) is 0 Å². The van der Waals surface area contributed by atoms with Crippen molar-refractivity contribution in [2.75, 3.05) is 5.73 Å². The number of aromatic hydroxyl groups is 1. The van der Waals surface area contributed by atoms with Crippen molar-refractivity contribution in [3.05, 3.63) is 54.1 Å². The quantitative estimate of drug-likeness (QED) is 0.483. The number of benzene rings is 2. The van der Waals surface area contributed by atoms with Gasteiger partial charge in [0.25, 0.3) is 0 Å². The highest BCUT2D eigenvalue weighted by Crippen LogP contribution is 2.20. The van der Waals surface area contributed by atoms with E-state index in [1.807, 2.05) is 30.3 Å². The van der Waals surface area contributed by atoms with Crippen LogP contribution in [-0.4, -0.2) is 5.11 Å². The molecule has 0 aliphatic carbocycles. The standard InChI is InChI=1S/C7H9NO.C6H6S/c1-5-6(8)3-2-4-7(5)9;7-6-4-2-1-3-5-6/h2-4,9H,8H2,1H3;1-5,7H. The van der Waals surface area contributed by atoms with Gasteiger partial charge in [-0.1, -0.05) is 24.3 Å². The minimum atomic E-state index is 0.259. The third-order valence-electron chi connectivity index (χ3n) is 2.10. The normalized spacial score (nSPS) is 9.12. The van der Waals surface area contributed by atoms with E-state index in [4.69, 9.17) is 10.8 Å². The van der Waals surface area contributed by atoms with Crippen molar-refractivity contribution in [2.45, 2.75) is 11.8 Å². The van der Waals surface area contributed by atoms with Crippen molar-refractivity contribution in [2.24, 2.45) is 0 Å². The third kappa shape index (κ3) is 3.87. The number of rotatable bonds is 0. The first-order chi connectivity index (χ1) is 7.61. The van der Waals surface area contributed by atoms with E-state index in [2.05, 4.69) is 12.6 Å². The maximum atomic E-state index is 9.02. The highest BCUT2D eigenvalue weighted by Gasteiger charge is 1.95. The van der Waals surface area contributed by atoms with E-state index in [9.17, 15) is 0 Å². The lowest BCUT2D eigenvalue weighted by Gasteiger charge is -1.99. The third-order valence-corrected chi connectivity index (χ3v) is 2.40. The second-order valence-corrected chi connectivity index (χ2v) is 3.84. The van der Waals surface area contributed by atoms with Crippen molar-refractivity contribution in [1.82, 2.24) is 0 Å². The Hall–Kier alpha value is -1.61. The molecule has 2 aromatic rings. The molecule has 0 aliphatic heterocycles. The van der Waals surface area contributed by atoms with E-state index < -0.39 is 0 Å². The zero-order valence-electron chi connectivity index (χ0n) is 9.09. The second-order valence-electron chi connectivity index (χ2n) is 3.33. The summed E-state index contributed by atoms with van der Waals surface area (Å²) < 4.78 is 0. The Labute approximate surface area is 101 Å². The van der Waals surface area contributed by atoms with Crippen molar-refractivity contribution in [3.63, 3.8) is 0 Å². The minimum absolute atomic E-state index is 0.259. The zero-order valence-corrected chi connectivity index (χ0v) is 9.99. The molecule has 0 radical (unpaired) electrons. The monoisotopic (exact) mass is 233 g/mol. The molecule has 3 N–H and O–H groups in total. The Morgan fingerprint density at radius 1 is 1.00 bits per heavy atom. The molecule has 0 saturated carbocycles. The molecule has 2 aromatic carbocycles. The van der Waals surface area contributed by atoms with E-state index in [-0.39, 0.29) is 5.75 Å². The number of nitrogens with two attached hydrogens (primary N) is 1. The summed E-state index contributed by atoms with van der Waals surface area (Å²) in [6.07, 6.45) is 0. The molecule has 0 bridgehead atoms. The maximum Gasteiger partial charge on any atom is 0.120 e. The highest BCUT2D eigenvalue weighted by molar-refractivity contribution is 7.80. The molecule has 84 valence electrons. The molecule has 0 unspecified atom stereocenters. The van der Waals surface area contributed by atoms with Crippen LogP contribution in [0, 0.1) is 6.92 Å². The number of thiol groups is 1. The average molecular weight is 233 g/mol. The summed E-state index contributed by atoms with van der Waals surface area (Å²) in [6, 6.07) is 14.9. The van der Waals surface area contributed by atoms with Crippen LogP contribution in [0.4, 0.5) is 5.69 Å². The van der Waals surface area contributed by atoms with Crippen molar-refractivity contribution < 1.29 is 5.11 Å². The largest absolute Gasteiger partial charge is 0.508 e. The average Bonchev–Trinajstić information content (AvgIpc) is 2.28. The van der Waals surface area contributed by atoms with Crippen molar-refractivity contribution in [1.29, 1.82) is 0 Å². The molecule has 16 heavy (non-hydrogen) atoms. The van der Waals surface area contributed by atoms with Crippen LogP contribution in [0.5, 0.6) is 5.75 Å². The van der Waals surface area contributed by atoms with Gasteiger partial charge >= 0.3 is 0 Å². The van der Waals surface area contributed by atoms with Gasteiger partial charge < -0.3 is 10.8 Å². The summed E-state index contributed by atoms with van der Waals surface area (Å²) in [5.74, 6) is 0.259. The molecule has 2 rings (SSSR count). The van der Waals surface area contributed by atoms with Gasteiger partial charge in [0.05, 0.1) is 0 Å². The number of anilines is 1. The Balaban J connectivity index is 0.000000165. The molecule has 0 spiro atoms. The van der Waals surface area contributed by atoms with E-state index in [1.165, 1.54) is 0 Å². The first kappa shape index (κ1) is 12.5. The molecule has 0 amide bonds. The molecular formula is C13H15NOS. The van der Waals surface area contributed by atoms with E-state index in [0.29, 0.717) is 5.69 Å². The molecule has 0 aromatic heterocycles. The van der Waals surface area contributed by atoms with E-state index in [1.54, 1.807) is 25.1 Å². The molecule has 0 heterocycles. The molecule has 0 fully saturated rings. The number of hydrogen-bond acceptors (Lipinski definition) is 3. The lowest BCUT2D eigenvalue weighted by atomic mass is 10.2. The van der Waals surface area contributed by atoms with Gasteiger partial charge in [-0.25, -0.2) is 0 Å². The van der Waals surface area contributed by atoms with Gasteiger partial charge in [-0.15, -0.1) is 12.6 Å². The smallest absolute Gasteiger partial charge is 0.120 e. The van der Waals surface area contributed by atoms with Gasteiger partial charge in [0.1, 0.15) is 5.75 Å². The van der Waals surface area contributed by atoms with Crippen LogP contribution < -0.4 is 5.73 Å². The van der Waals surface area contributed by atoms with Gasteiger partial charge in [-0.3, -0.25) is 0 Å². The van der Waals surface area contributed by atoms with Gasteiger partial charge in [-0.2, -0.15) is 0 Å². The van der Waals surface area contributed by atoms with Crippen molar-refractivity contribution in [3.8, 4) is 5.75 Å². The summed E-state index contributed by atoms with van der Waals surface area (Å²) in [4.78, 5) is 1.02. The van der Waals surface area contributed by atoms with Gasteiger partial charge in [0.15, 0.2) is 0 Å². The summed E-state index contributed by atoms with van der Waals surface area (Å²) in [6.45, 7) is 1.78. The van der Waals surface area contributed by atoms with Crippen LogP contribution >= 0.6 is 12.6 Å². The molecule has 0 saturated heterocycles. The summed E-state index contributed by atoms with van der Waals surface area (Å²) in [7, 11) is 0. The fourth-order valence-corrected chi connectivity index (χ4v) is 1.24. The van der Waals surface area contributed by atoms with Gasteiger partial charge in [-0.05, 0) is 31.2 Å². The van der Waals surface area contributed by atoms with Gasteiger partial charge in [0, 0.05) is 16.1 Å². The molecule has 2 nitrogen and oxygen atoms in total. The van der Waals surface area contributed by atoms with Crippen LogP contribution in [0.1, 0.15) is 5.56 Å². The summed E-state index contributed by atoms with van der Waals surface area (Å²) >= 11 is 4.08. The number of phenolic OH excluding ortho intramolecular Hbond substituents is 1. The van der Waals surface area contributed by atoms with E-state index in [0.717, 1.165) is 10.5 Å². The fraction of sp³-hybridized carbons (Fsp3) is 0.0769. The molecule has 3 heteroatoms. The van der Waals surface area contributed by atoms with Crippen molar-refractivity contribution >= 4 is 18.3 Å². The lowest BCUT2D eigenvalue weighted by Crippen LogP contribution is -1.87. The van der Waals surface area contributed by atoms with E-state index >= 15 is 0 Å². The minimum Gasteiger partial charge on any atom is -0.508 e. The Morgan fingerprint density at radius 2 is 1.62 bits per heavy atom. The van der Waals surface area contributed by atoms with Gasteiger partial charge in [0.2, 0.25) is 0 Å². The lowest BCUT2D eigenvalue weighted by molar-refractivity contribution is 0.471. The second kappa shape index (κ2) is 6.08.